The maximum absolute atomic E-state index is 2.30. The lowest BCUT2D eigenvalue weighted by atomic mass is 10.4. The SMILES string of the molecule is Br.[CH3][Mg][c]1ccccc1. The first-order valence-corrected chi connectivity index (χ1v) is 5.09. The molecule has 0 aromatic heterocycles. The van der Waals surface area contributed by atoms with Crippen LogP contribution in [0.15, 0.2) is 30.3 Å². The molecule has 0 saturated carbocycles. The molecule has 0 amide bonds. The fourth-order valence-electron chi connectivity index (χ4n) is 0.714. The third-order valence-electron chi connectivity index (χ3n) is 1.25. The molecule has 0 nitrogen and oxygen atoms in total. The van der Waals surface area contributed by atoms with Crippen molar-refractivity contribution in [3.8, 4) is 0 Å². The highest BCUT2D eigenvalue weighted by Crippen LogP contribution is 1.79. The Morgan fingerprint density at radius 2 is 1.67 bits per heavy atom. The van der Waals surface area contributed by atoms with Crippen molar-refractivity contribution < 1.29 is 0 Å². The Balaban J connectivity index is 0.000000640. The molecule has 0 aliphatic rings. The molecule has 1 rings (SSSR count). The lowest BCUT2D eigenvalue weighted by Gasteiger charge is -1.88. The summed E-state index contributed by atoms with van der Waals surface area (Å²) in [4.78, 5) is 0. The van der Waals surface area contributed by atoms with E-state index in [-0.39, 0.29) is 37.3 Å². The van der Waals surface area contributed by atoms with Gasteiger partial charge in [-0.15, -0.1) is 22.0 Å². The Hall–Kier alpha value is 0.466. The van der Waals surface area contributed by atoms with E-state index in [4.69, 9.17) is 0 Å². The van der Waals surface area contributed by atoms with Gasteiger partial charge in [0.15, 0.2) is 0 Å². The van der Waals surface area contributed by atoms with Gasteiger partial charge in [0.1, 0.15) is 0 Å². The average molecular weight is 197 g/mol. The summed E-state index contributed by atoms with van der Waals surface area (Å²) < 4.78 is 1.55. The fraction of sp³-hybridized carbons (Fsp3) is 0.143. The minimum atomic E-state index is 0. The summed E-state index contributed by atoms with van der Waals surface area (Å²) in [6.45, 7) is 0. The molecule has 0 unspecified atom stereocenters. The standard InChI is InChI=1S/C6H5.CH3.BrH.Mg/c1-2-4-6-5-3-1;;;/h1-5H;1H3;1H;. The van der Waals surface area contributed by atoms with Gasteiger partial charge in [-0.1, -0.05) is 30.3 Å². The summed E-state index contributed by atoms with van der Waals surface area (Å²) in [5, 5.41) is 2.30. The Morgan fingerprint density at radius 3 is 2.00 bits per heavy atom. The van der Waals surface area contributed by atoms with E-state index in [1.54, 1.807) is 3.69 Å². The van der Waals surface area contributed by atoms with E-state index in [2.05, 4.69) is 35.4 Å². The molecule has 1 aromatic carbocycles. The van der Waals surface area contributed by atoms with Crippen LogP contribution in [0.1, 0.15) is 0 Å². The zero-order valence-corrected chi connectivity index (χ0v) is 8.63. The molecular formula is C7H9BrMg. The van der Waals surface area contributed by atoms with Crippen molar-refractivity contribution in [2.75, 3.05) is 0 Å². The number of halogens is 1. The van der Waals surface area contributed by atoms with Gasteiger partial charge in [-0.05, 0) is 0 Å². The van der Waals surface area contributed by atoms with Crippen LogP contribution in [-0.4, -0.2) is 20.4 Å². The lowest BCUT2D eigenvalue weighted by molar-refractivity contribution is 1.77. The first-order chi connectivity index (χ1) is 3.93. The summed E-state index contributed by atoms with van der Waals surface area (Å²) in [5.41, 5.74) is 0. The van der Waals surface area contributed by atoms with Crippen molar-refractivity contribution in [1.29, 1.82) is 0 Å². The van der Waals surface area contributed by atoms with E-state index in [0.29, 0.717) is 0 Å². The van der Waals surface area contributed by atoms with Gasteiger partial charge in [0, 0.05) is 0 Å². The van der Waals surface area contributed by atoms with Crippen LogP contribution in [0, 0.1) is 0 Å². The predicted molar refractivity (Wildman–Crippen MR) is 48.0 cm³/mol. The van der Waals surface area contributed by atoms with Crippen LogP contribution in [0.2, 0.25) is 5.05 Å². The molecule has 1 aromatic rings. The molecule has 0 spiro atoms. The summed E-state index contributed by atoms with van der Waals surface area (Å²) in [6, 6.07) is 10.7. The van der Waals surface area contributed by atoms with Crippen LogP contribution in [0.4, 0.5) is 0 Å². The Labute approximate surface area is 76.1 Å². The molecule has 0 atom stereocenters. The van der Waals surface area contributed by atoms with Crippen molar-refractivity contribution in [3.63, 3.8) is 0 Å². The molecule has 46 valence electrons. The van der Waals surface area contributed by atoms with Gasteiger partial charge in [0.25, 0.3) is 0 Å². The van der Waals surface area contributed by atoms with E-state index >= 15 is 0 Å². The third-order valence-corrected chi connectivity index (χ3v) is 2.54. The number of hydrogen-bond donors (Lipinski definition) is 0. The van der Waals surface area contributed by atoms with Crippen LogP contribution in [0.3, 0.4) is 0 Å². The maximum atomic E-state index is 2.30. The predicted octanol–water partition coefficient (Wildman–Crippen LogP) is 1.64. The molecule has 0 bridgehead atoms. The van der Waals surface area contributed by atoms with Crippen LogP contribution >= 0.6 is 17.0 Å². The lowest BCUT2D eigenvalue weighted by Crippen LogP contribution is -2.07. The first kappa shape index (κ1) is 9.47. The first-order valence-electron chi connectivity index (χ1n) is 2.97. The largest absolute Gasteiger partial charge is 0.404 e. The van der Waals surface area contributed by atoms with Crippen LogP contribution in [-0.2, 0) is 0 Å². The zero-order chi connectivity index (χ0) is 5.82. The van der Waals surface area contributed by atoms with E-state index < -0.39 is 0 Å². The minimum absolute atomic E-state index is 0. The Bertz CT molecular complexity index is 150. The van der Waals surface area contributed by atoms with Crippen LogP contribution < -0.4 is 3.69 Å². The number of hydrogen-bond acceptors (Lipinski definition) is 0. The van der Waals surface area contributed by atoms with Crippen LogP contribution in [0.25, 0.3) is 0 Å². The molecule has 2 heteroatoms. The second-order valence-electron chi connectivity index (χ2n) is 1.84. The van der Waals surface area contributed by atoms with Gasteiger partial charge >= 0.3 is 20.4 Å². The van der Waals surface area contributed by atoms with Gasteiger partial charge in [0.2, 0.25) is 0 Å². The molecule has 0 fully saturated rings. The highest BCUT2D eigenvalue weighted by Gasteiger charge is 1.85. The molecule has 0 radical (unpaired) electrons. The normalized spacial score (nSPS) is 7.22. The molecule has 0 heterocycles. The summed E-state index contributed by atoms with van der Waals surface area (Å²) in [5.74, 6) is 0. The second kappa shape index (κ2) is 5.27. The molecule has 0 N–H and O–H groups in total. The number of benzene rings is 1. The fourth-order valence-corrected chi connectivity index (χ4v) is 1.46. The molecular weight excluding hydrogens is 188 g/mol. The molecule has 0 saturated heterocycles. The van der Waals surface area contributed by atoms with Gasteiger partial charge in [-0.2, -0.15) is 3.69 Å². The molecule has 0 aliphatic carbocycles. The summed E-state index contributed by atoms with van der Waals surface area (Å²) in [7, 11) is 0. The van der Waals surface area contributed by atoms with Crippen molar-refractivity contribution in [1.82, 2.24) is 0 Å². The Kier molecular flexibility index (Phi) is 5.54. The topological polar surface area (TPSA) is 0 Å². The average Bonchev–Trinajstić information content (AvgIpc) is 1.90. The summed E-state index contributed by atoms with van der Waals surface area (Å²) >= 11 is 0.0913. The quantitative estimate of drug-likeness (QED) is 0.601. The van der Waals surface area contributed by atoms with Gasteiger partial charge < -0.3 is 0 Å². The third kappa shape index (κ3) is 3.23. The molecule has 9 heavy (non-hydrogen) atoms. The van der Waals surface area contributed by atoms with Gasteiger partial charge in [0.05, 0.1) is 0 Å². The summed E-state index contributed by atoms with van der Waals surface area (Å²) in [6.07, 6.45) is 0. The smallest absolute Gasteiger partial charge is 0.174 e. The van der Waals surface area contributed by atoms with Gasteiger partial charge in [-0.3, -0.25) is 0 Å². The van der Waals surface area contributed by atoms with Crippen molar-refractivity contribution in [2.24, 2.45) is 0 Å². The van der Waals surface area contributed by atoms with Crippen LogP contribution in [0.5, 0.6) is 0 Å². The Morgan fingerprint density at radius 1 is 1.11 bits per heavy atom. The zero-order valence-electron chi connectivity index (χ0n) is 5.50. The van der Waals surface area contributed by atoms with Crippen molar-refractivity contribution in [3.05, 3.63) is 30.3 Å². The van der Waals surface area contributed by atoms with E-state index in [1.165, 1.54) is 0 Å². The van der Waals surface area contributed by atoms with E-state index in [0.717, 1.165) is 0 Å². The van der Waals surface area contributed by atoms with E-state index in [1.807, 2.05) is 0 Å². The second-order valence-corrected chi connectivity index (χ2v) is 3.36. The minimum Gasteiger partial charge on any atom is -0.174 e. The van der Waals surface area contributed by atoms with E-state index in [9.17, 15) is 0 Å². The highest BCUT2D eigenvalue weighted by atomic mass is 79.9. The highest BCUT2D eigenvalue weighted by molar-refractivity contribution is 8.93. The molecule has 0 aliphatic heterocycles. The van der Waals surface area contributed by atoms with Crippen molar-refractivity contribution in [2.45, 2.75) is 5.05 Å². The maximum Gasteiger partial charge on any atom is 0.404 e. The van der Waals surface area contributed by atoms with Gasteiger partial charge in [-0.25, -0.2) is 0 Å². The number of rotatable bonds is 1. The monoisotopic (exact) mass is 196 g/mol. The van der Waals surface area contributed by atoms with Crippen molar-refractivity contribution >= 4 is 41.0 Å².